The average molecular weight is 574 g/mol. The van der Waals surface area contributed by atoms with Crippen LogP contribution in [-0.2, 0) is 32.1 Å². The Morgan fingerprint density at radius 2 is 1.81 bits per heavy atom. The minimum Gasteiger partial charge on any atom is -0.332 e. The number of fused-ring (bicyclic) bond motifs is 2. The Morgan fingerprint density at radius 1 is 1.02 bits per heavy atom. The molecule has 5 rings (SSSR count). The van der Waals surface area contributed by atoms with Crippen LogP contribution in [0.1, 0.15) is 66.9 Å². The third-order valence-electron chi connectivity index (χ3n) is 8.71. The maximum atomic E-state index is 13.1. The molecule has 3 aliphatic rings. The summed E-state index contributed by atoms with van der Waals surface area (Å²) in [6.45, 7) is 5.06. The van der Waals surface area contributed by atoms with E-state index in [1.807, 2.05) is 36.1 Å². The lowest BCUT2D eigenvalue weighted by molar-refractivity contribution is -0.125. The first-order chi connectivity index (χ1) is 20.3. The number of nitrogens with one attached hydrogen (secondary N) is 2. The van der Waals surface area contributed by atoms with Crippen molar-refractivity contribution in [3.8, 4) is 0 Å². The number of hydrogen-bond donors (Lipinski definition) is 2. The molecule has 2 aromatic rings. The molecule has 222 valence electrons. The number of rotatable bonds is 10. The molecule has 10 nitrogen and oxygen atoms in total. The van der Waals surface area contributed by atoms with Crippen LogP contribution in [-0.4, -0.2) is 72.1 Å². The normalized spacial score (nSPS) is 17.8. The Balaban J connectivity index is 1.07. The topological polar surface area (TPSA) is 119 Å². The van der Waals surface area contributed by atoms with Gasteiger partial charge in [0.25, 0.3) is 5.91 Å². The number of imide groups is 1. The molecule has 0 aliphatic carbocycles. The van der Waals surface area contributed by atoms with Gasteiger partial charge in [0, 0.05) is 48.9 Å². The van der Waals surface area contributed by atoms with Gasteiger partial charge in [0.05, 0.1) is 6.54 Å². The fourth-order valence-electron chi connectivity index (χ4n) is 6.30. The first-order valence-electron chi connectivity index (χ1n) is 14.9. The number of nitrogens with zero attached hydrogens (tertiary/aromatic N) is 3. The summed E-state index contributed by atoms with van der Waals surface area (Å²) in [4.78, 5) is 66.7. The van der Waals surface area contributed by atoms with Crippen molar-refractivity contribution in [2.45, 2.75) is 64.5 Å². The Bertz CT molecular complexity index is 1350. The average Bonchev–Trinajstić information content (AvgIpc) is 3.32. The quantitative estimate of drug-likeness (QED) is 0.422. The van der Waals surface area contributed by atoms with Crippen LogP contribution in [0.25, 0.3) is 0 Å². The minimum atomic E-state index is -0.367. The fraction of sp³-hybridized carbons (Fsp3) is 0.469. The zero-order chi connectivity index (χ0) is 29.6. The highest BCUT2D eigenvalue weighted by Gasteiger charge is 2.31. The van der Waals surface area contributed by atoms with Gasteiger partial charge in [-0.05, 0) is 93.4 Å². The van der Waals surface area contributed by atoms with Crippen molar-refractivity contribution < 1.29 is 24.0 Å². The summed E-state index contributed by atoms with van der Waals surface area (Å²) in [5, 5.41) is 5.12. The van der Waals surface area contributed by atoms with Crippen LogP contribution in [0.5, 0.6) is 0 Å². The molecule has 0 radical (unpaired) electrons. The van der Waals surface area contributed by atoms with Crippen LogP contribution >= 0.6 is 0 Å². The second-order valence-electron chi connectivity index (χ2n) is 11.6. The standard InChI is InChI=1S/C32H39N5O5/c1-22(8-11-29(39)33-21-38)37-19-25-18-26(9-10-27(25)32(37)42)34-30(40)17-23-12-15-35(16-13-23)20-31(41)36-14-4-6-24-5-2-3-7-28(24)36/h2-3,5,7,9-10,18,21-23H,4,6,8,11-17,19-20H2,1H3,(H,34,40)(H,33,38,39). The molecular weight excluding hydrogens is 534 g/mol. The summed E-state index contributed by atoms with van der Waals surface area (Å²) < 4.78 is 0. The molecule has 42 heavy (non-hydrogen) atoms. The Kier molecular flexibility index (Phi) is 9.31. The van der Waals surface area contributed by atoms with Gasteiger partial charge >= 0.3 is 0 Å². The molecule has 10 heteroatoms. The third kappa shape index (κ3) is 6.87. The van der Waals surface area contributed by atoms with Crippen molar-refractivity contribution in [3.63, 3.8) is 0 Å². The second-order valence-corrected chi connectivity index (χ2v) is 11.6. The van der Waals surface area contributed by atoms with Crippen molar-refractivity contribution in [1.29, 1.82) is 0 Å². The molecular formula is C32H39N5O5. The van der Waals surface area contributed by atoms with Crippen LogP contribution in [0.15, 0.2) is 42.5 Å². The smallest absolute Gasteiger partial charge is 0.254 e. The number of likely N-dealkylation sites (tertiary alicyclic amines) is 1. The van der Waals surface area contributed by atoms with Crippen molar-refractivity contribution in [2.24, 2.45) is 5.92 Å². The molecule has 1 fully saturated rings. The summed E-state index contributed by atoms with van der Waals surface area (Å²) >= 11 is 0. The van der Waals surface area contributed by atoms with E-state index in [-0.39, 0.29) is 42.0 Å². The molecule has 1 atom stereocenters. The van der Waals surface area contributed by atoms with E-state index in [0.717, 1.165) is 56.6 Å². The highest BCUT2D eigenvalue weighted by Crippen LogP contribution is 2.30. The van der Waals surface area contributed by atoms with E-state index < -0.39 is 0 Å². The number of benzene rings is 2. The molecule has 3 heterocycles. The minimum absolute atomic E-state index is 0.0508. The lowest BCUT2D eigenvalue weighted by Crippen LogP contribution is -2.45. The predicted octanol–water partition coefficient (Wildman–Crippen LogP) is 3.10. The number of carbonyl (C=O) groups excluding carboxylic acids is 5. The number of hydrogen-bond acceptors (Lipinski definition) is 6. The molecule has 2 aromatic carbocycles. The van der Waals surface area contributed by atoms with Crippen LogP contribution in [0, 0.1) is 5.92 Å². The monoisotopic (exact) mass is 573 g/mol. The van der Waals surface area contributed by atoms with Gasteiger partial charge in [-0.2, -0.15) is 0 Å². The summed E-state index contributed by atoms with van der Waals surface area (Å²) in [7, 11) is 0. The molecule has 1 unspecified atom stereocenters. The number of piperidine rings is 1. The van der Waals surface area contributed by atoms with Gasteiger partial charge in [-0.3, -0.25) is 34.2 Å². The van der Waals surface area contributed by atoms with Crippen molar-refractivity contribution in [1.82, 2.24) is 15.1 Å². The van der Waals surface area contributed by atoms with Crippen LogP contribution in [0.3, 0.4) is 0 Å². The van der Waals surface area contributed by atoms with E-state index in [4.69, 9.17) is 0 Å². The number of anilines is 2. The highest BCUT2D eigenvalue weighted by molar-refractivity contribution is 6.00. The van der Waals surface area contributed by atoms with Gasteiger partial charge in [0.15, 0.2) is 0 Å². The molecule has 0 spiro atoms. The van der Waals surface area contributed by atoms with E-state index in [2.05, 4.69) is 21.6 Å². The summed E-state index contributed by atoms with van der Waals surface area (Å²) in [6.07, 6.45) is 5.12. The lowest BCUT2D eigenvalue weighted by atomic mass is 9.93. The summed E-state index contributed by atoms with van der Waals surface area (Å²) in [5.74, 6) is -0.111. The molecule has 3 aliphatic heterocycles. The van der Waals surface area contributed by atoms with E-state index in [0.29, 0.717) is 43.6 Å². The van der Waals surface area contributed by atoms with Crippen molar-refractivity contribution >= 4 is 41.4 Å². The van der Waals surface area contributed by atoms with Crippen molar-refractivity contribution in [3.05, 3.63) is 59.2 Å². The van der Waals surface area contributed by atoms with Crippen LogP contribution in [0.4, 0.5) is 11.4 Å². The first-order valence-corrected chi connectivity index (χ1v) is 14.9. The van der Waals surface area contributed by atoms with Gasteiger partial charge in [-0.25, -0.2) is 0 Å². The highest BCUT2D eigenvalue weighted by atomic mass is 16.2. The Morgan fingerprint density at radius 3 is 2.60 bits per heavy atom. The largest absolute Gasteiger partial charge is 0.332 e. The van der Waals surface area contributed by atoms with Gasteiger partial charge in [-0.1, -0.05) is 18.2 Å². The molecule has 0 saturated carbocycles. The number of amides is 5. The number of para-hydroxylation sites is 1. The number of carbonyl (C=O) groups is 5. The maximum Gasteiger partial charge on any atom is 0.254 e. The predicted molar refractivity (Wildman–Crippen MR) is 159 cm³/mol. The van der Waals surface area contributed by atoms with Crippen LogP contribution in [0.2, 0.25) is 0 Å². The second kappa shape index (κ2) is 13.3. The van der Waals surface area contributed by atoms with Crippen molar-refractivity contribution in [2.75, 3.05) is 36.4 Å². The van der Waals surface area contributed by atoms with Gasteiger partial charge < -0.3 is 15.1 Å². The van der Waals surface area contributed by atoms with Gasteiger partial charge in [-0.15, -0.1) is 0 Å². The van der Waals surface area contributed by atoms with Gasteiger partial charge in [0.1, 0.15) is 0 Å². The molecule has 5 amide bonds. The summed E-state index contributed by atoms with van der Waals surface area (Å²) in [6, 6.07) is 13.3. The molecule has 2 N–H and O–H groups in total. The fourth-order valence-corrected chi connectivity index (χ4v) is 6.30. The zero-order valence-corrected chi connectivity index (χ0v) is 24.1. The van der Waals surface area contributed by atoms with E-state index >= 15 is 0 Å². The number of aryl methyl sites for hydroxylation is 1. The maximum absolute atomic E-state index is 13.1. The molecule has 0 aromatic heterocycles. The zero-order valence-electron chi connectivity index (χ0n) is 24.1. The molecule has 1 saturated heterocycles. The molecule has 0 bridgehead atoms. The Hall–Kier alpha value is -4.05. The lowest BCUT2D eigenvalue weighted by Gasteiger charge is -2.34. The van der Waals surface area contributed by atoms with Gasteiger partial charge in [0.2, 0.25) is 24.1 Å². The third-order valence-corrected chi connectivity index (χ3v) is 8.71. The van der Waals surface area contributed by atoms with Crippen LogP contribution < -0.4 is 15.5 Å². The van der Waals surface area contributed by atoms with E-state index in [9.17, 15) is 24.0 Å². The first kappa shape index (κ1) is 29.4. The Labute approximate surface area is 246 Å². The summed E-state index contributed by atoms with van der Waals surface area (Å²) in [5.41, 5.74) is 4.39. The SMILES string of the molecule is CC(CCC(=O)NC=O)N1Cc2cc(NC(=O)CC3CCN(CC(=O)N4CCCc5ccccc54)CC3)ccc2C1=O. The van der Waals surface area contributed by atoms with E-state index in [1.54, 1.807) is 17.0 Å². The van der Waals surface area contributed by atoms with E-state index in [1.165, 1.54) is 5.56 Å².